The zero-order chi connectivity index (χ0) is 16.2. The summed E-state index contributed by atoms with van der Waals surface area (Å²) in [5.74, 6) is -1.34. The standard InChI is InChI=1S/C16H13NO6/c18-14(12-2-1-8-21-12)17-11-5-3-10(4-6-11)15(19)23-13-7-9-22-16(13)20/h1-6,8,13H,7,9H2,(H,17,18)/t13-/m1/s1. The van der Waals surface area contributed by atoms with Crippen molar-refractivity contribution in [2.75, 3.05) is 11.9 Å². The highest BCUT2D eigenvalue weighted by Gasteiger charge is 2.30. The molecule has 0 spiro atoms. The van der Waals surface area contributed by atoms with E-state index >= 15 is 0 Å². The molecule has 2 heterocycles. The van der Waals surface area contributed by atoms with E-state index in [0.29, 0.717) is 12.1 Å². The number of ether oxygens (including phenoxy) is 2. The van der Waals surface area contributed by atoms with Gasteiger partial charge in [0, 0.05) is 12.1 Å². The van der Waals surface area contributed by atoms with Crippen LogP contribution in [0.4, 0.5) is 5.69 Å². The fraction of sp³-hybridized carbons (Fsp3) is 0.188. The van der Waals surface area contributed by atoms with Crippen LogP contribution in [0.15, 0.2) is 47.1 Å². The average molecular weight is 315 g/mol. The molecule has 1 atom stereocenters. The van der Waals surface area contributed by atoms with Gasteiger partial charge in [-0.1, -0.05) is 0 Å². The van der Waals surface area contributed by atoms with E-state index in [1.165, 1.54) is 18.4 Å². The molecule has 0 aliphatic carbocycles. The number of benzene rings is 1. The van der Waals surface area contributed by atoms with Crippen LogP contribution in [0.1, 0.15) is 27.3 Å². The molecular weight excluding hydrogens is 302 g/mol. The van der Waals surface area contributed by atoms with E-state index in [0.717, 1.165) is 0 Å². The van der Waals surface area contributed by atoms with E-state index in [-0.39, 0.29) is 23.8 Å². The molecule has 0 bridgehead atoms. The van der Waals surface area contributed by atoms with E-state index in [4.69, 9.17) is 13.9 Å². The minimum atomic E-state index is -0.846. The molecule has 1 amide bonds. The number of amides is 1. The predicted octanol–water partition coefficient (Wildman–Crippen LogP) is 2.00. The first-order valence-corrected chi connectivity index (χ1v) is 6.96. The number of anilines is 1. The highest BCUT2D eigenvalue weighted by atomic mass is 16.6. The van der Waals surface area contributed by atoms with Crippen LogP contribution in [0, 0.1) is 0 Å². The number of cyclic esters (lactones) is 1. The Balaban J connectivity index is 1.61. The first kappa shape index (κ1) is 14.8. The van der Waals surface area contributed by atoms with E-state index in [2.05, 4.69) is 5.32 Å². The van der Waals surface area contributed by atoms with Crippen LogP contribution < -0.4 is 5.32 Å². The molecule has 23 heavy (non-hydrogen) atoms. The molecule has 1 aliphatic heterocycles. The van der Waals surface area contributed by atoms with Crippen molar-refractivity contribution in [3.05, 3.63) is 54.0 Å². The molecule has 1 aliphatic rings. The molecule has 1 fully saturated rings. The molecule has 118 valence electrons. The fourth-order valence-electron chi connectivity index (χ4n) is 2.07. The second-order valence-electron chi connectivity index (χ2n) is 4.86. The Kier molecular flexibility index (Phi) is 4.09. The van der Waals surface area contributed by atoms with Crippen molar-refractivity contribution in [3.8, 4) is 0 Å². The summed E-state index contributed by atoms with van der Waals surface area (Å²) in [6.45, 7) is 0.258. The zero-order valence-corrected chi connectivity index (χ0v) is 12.0. The number of hydrogen-bond donors (Lipinski definition) is 1. The van der Waals surface area contributed by atoms with E-state index in [9.17, 15) is 14.4 Å². The Morgan fingerprint density at radius 3 is 2.57 bits per heavy atom. The number of furan rings is 1. The van der Waals surface area contributed by atoms with Crippen LogP contribution in [0.25, 0.3) is 0 Å². The zero-order valence-electron chi connectivity index (χ0n) is 12.0. The minimum absolute atomic E-state index is 0.188. The Hall–Kier alpha value is -3.09. The lowest BCUT2D eigenvalue weighted by Gasteiger charge is -2.09. The maximum absolute atomic E-state index is 11.9. The monoisotopic (exact) mass is 315 g/mol. The lowest BCUT2D eigenvalue weighted by atomic mass is 10.2. The van der Waals surface area contributed by atoms with Crippen LogP contribution in [0.3, 0.4) is 0 Å². The third-order valence-corrected chi connectivity index (χ3v) is 3.26. The summed E-state index contributed by atoms with van der Waals surface area (Å²) in [5, 5.41) is 2.63. The topological polar surface area (TPSA) is 94.8 Å². The summed E-state index contributed by atoms with van der Waals surface area (Å²) in [4.78, 5) is 35.0. The van der Waals surface area contributed by atoms with E-state index < -0.39 is 18.0 Å². The molecule has 7 heteroatoms. The number of carbonyl (C=O) groups is 3. The van der Waals surface area contributed by atoms with Crippen LogP contribution in [-0.4, -0.2) is 30.6 Å². The highest BCUT2D eigenvalue weighted by Crippen LogP contribution is 2.16. The van der Waals surface area contributed by atoms with Crippen molar-refractivity contribution < 1.29 is 28.3 Å². The van der Waals surface area contributed by atoms with Crippen molar-refractivity contribution in [1.29, 1.82) is 0 Å². The normalized spacial score (nSPS) is 16.7. The summed E-state index contributed by atoms with van der Waals surface area (Å²) in [6, 6.07) is 9.28. The van der Waals surface area contributed by atoms with Crippen LogP contribution >= 0.6 is 0 Å². The second kappa shape index (κ2) is 6.35. The fourth-order valence-corrected chi connectivity index (χ4v) is 2.07. The SMILES string of the molecule is O=C(O[C@@H]1CCOC1=O)c1ccc(NC(=O)c2ccco2)cc1. The third-order valence-electron chi connectivity index (χ3n) is 3.26. The molecule has 3 rings (SSSR count). The molecule has 1 saturated heterocycles. The van der Waals surface area contributed by atoms with Crippen molar-refractivity contribution in [2.45, 2.75) is 12.5 Å². The van der Waals surface area contributed by atoms with Gasteiger partial charge in [-0.25, -0.2) is 9.59 Å². The summed E-state index contributed by atoms with van der Waals surface area (Å²) >= 11 is 0. The molecule has 7 nitrogen and oxygen atoms in total. The summed E-state index contributed by atoms with van der Waals surface area (Å²) in [7, 11) is 0. The van der Waals surface area contributed by atoms with Gasteiger partial charge in [0.05, 0.1) is 18.4 Å². The Bertz CT molecular complexity index is 720. The van der Waals surface area contributed by atoms with Gasteiger partial charge in [0.1, 0.15) is 0 Å². The lowest BCUT2D eigenvalue weighted by molar-refractivity contribution is -0.145. The first-order valence-electron chi connectivity index (χ1n) is 6.96. The summed E-state index contributed by atoms with van der Waals surface area (Å²) < 4.78 is 14.8. The van der Waals surface area contributed by atoms with Gasteiger partial charge in [0.15, 0.2) is 5.76 Å². The number of carbonyl (C=O) groups excluding carboxylic acids is 3. The van der Waals surface area contributed by atoms with Crippen LogP contribution in [0.5, 0.6) is 0 Å². The van der Waals surface area contributed by atoms with Crippen LogP contribution in [-0.2, 0) is 14.3 Å². The maximum Gasteiger partial charge on any atom is 0.347 e. The van der Waals surface area contributed by atoms with Gasteiger partial charge in [-0.2, -0.15) is 0 Å². The van der Waals surface area contributed by atoms with Gasteiger partial charge < -0.3 is 19.2 Å². The van der Waals surface area contributed by atoms with Crippen LogP contribution in [0.2, 0.25) is 0 Å². The lowest BCUT2D eigenvalue weighted by Crippen LogP contribution is -2.22. The molecule has 1 aromatic heterocycles. The van der Waals surface area contributed by atoms with Gasteiger partial charge in [-0.05, 0) is 36.4 Å². The van der Waals surface area contributed by atoms with E-state index in [1.807, 2.05) is 0 Å². The van der Waals surface area contributed by atoms with E-state index in [1.54, 1.807) is 24.3 Å². The summed E-state index contributed by atoms with van der Waals surface area (Å²) in [6.07, 6.45) is 0.921. The number of hydrogen-bond acceptors (Lipinski definition) is 6. The van der Waals surface area contributed by atoms with Gasteiger partial charge >= 0.3 is 11.9 Å². The molecule has 0 radical (unpaired) electrons. The largest absolute Gasteiger partial charge is 0.463 e. The van der Waals surface area contributed by atoms with Crippen molar-refractivity contribution in [3.63, 3.8) is 0 Å². The minimum Gasteiger partial charge on any atom is -0.463 e. The molecule has 1 N–H and O–H groups in total. The Morgan fingerprint density at radius 1 is 1.17 bits per heavy atom. The summed E-state index contributed by atoms with van der Waals surface area (Å²) in [5.41, 5.74) is 0.781. The number of nitrogens with one attached hydrogen (secondary N) is 1. The number of rotatable bonds is 4. The molecule has 2 aromatic rings. The quantitative estimate of drug-likeness (QED) is 0.867. The Morgan fingerprint density at radius 2 is 1.96 bits per heavy atom. The smallest absolute Gasteiger partial charge is 0.347 e. The molecule has 1 aromatic carbocycles. The average Bonchev–Trinajstić information content (AvgIpc) is 3.20. The Labute approximate surface area is 131 Å². The van der Waals surface area contributed by atoms with Gasteiger partial charge in [0.25, 0.3) is 5.91 Å². The number of esters is 2. The first-order chi connectivity index (χ1) is 11.1. The second-order valence-corrected chi connectivity index (χ2v) is 4.86. The van der Waals surface area contributed by atoms with Crippen molar-refractivity contribution in [2.24, 2.45) is 0 Å². The molecule has 0 unspecified atom stereocenters. The third kappa shape index (κ3) is 3.39. The van der Waals surface area contributed by atoms with Crippen molar-refractivity contribution >= 4 is 23.5 Å². The van der Waals surface area contributed by atoms with Gasteiger partial charge in [0.2, 0.25) is 6.10 Å². The maximum atomic E-state index is 11.9. The predicted molar refractivity (Wildman–Crippen MR) is 77.9 cm³/mol. The molecular formula is C16H13NO6. The van der Waals surface area contributed by atoms with Gasteiger partial charge in [-0.3, -0.25) is 4.79 Å². The highest BCUT2D eigenvalue weighted by molar-refractivity contribution is 6.02. The molecule has 0 saturated carbocycles. The van der Waals surface area contributed by atoms with Crippen molar-refractivity contribution in [1.82, 2.24) is 0 Å². The van der Waals surface area contributed by atoms with Gasteiger partial charge in [-0.15, -0.1) is 0 Å².